The molecule has 0 spiro atoms. The zero-order valence-electron chi connectivity index (χ0n) is 20.6. The van der Waals surface area contributed by atoms with Gasteiger partial charge in [-0.25, -0.2) is 27.8 Å². The monoisotopic (exact) mass is 557 g/mol. The molecule has 1 aromatic carbocycles. The highest BCUT2D eigenvalue weighted by molar-refractivity contribution is 7.89. The fraction of sp³-hybridized carbons (Fsp3) is 0.292. The molecule has 1 aliphatic rings. The third-order valence-corrected chi connectivity index (χ3v) is 9.58. The Hall–Kier alpha value is -3.75. The van der Waals surface area contributed by atoms with Crippen molar-refractivity contribution in [2.75, 3.05) is 43.0 Å². The van der Waals surface area contributed by atoms with Crippen molar-refractivity contribution in [2.24, 2.45) is 0 Å². The molecule has 198 valence electrons. The zero-order valence-corrected chi connectivity index (χ0v) is 22.2. The minimum Gasteiger partial charge on any atom is -0.338 e. The number of aryl methyl sites for hydroxylation is 1. The highest BCUT2D eigenvalue weighted by Crippen LogP contribution is 2.33. The molecule has 0 atom stereocenters. The van der Waals surface area contributed by atoms with E-state index in [2.05, 4.69) is 15.0 Å². The summed E-state index contributed by atoms with van der Waals surface area (Å²) in [5.74, 6) is -0.613. The van der Waals surface area contributed by atoms with E-state index in [0.29, 0.717) is 23.9 Å². The molecular formula is C24H24FN7O4S2. The Kier molecular flexibility index (Phi) is 6.94. The number of benzene rings is 1. The Bertz CT molecular complexity index is 1670. The van der Waals surface area contributed by atoms with Crippen LogP contribution in [-0.4, -0.2) is 71.4 Å². The van der Waals surface area contributed by atoms with Crippen molar-refractivity contribution in [1.82, 2.24) is 23.8 Å². The average molecular weight is 558 g/mol. The number of aromatic nitrogens is 4. The van der Waals surface area contributed by atoms with Crippen LogP contribution < -0.4 is 15.4 Å². The molecule has 1 fully saturated rings. The quantitative estimate of drug-likeness (QED) is 0.352. The normalized spacial score (nSPS) is 14.7. The molecule has 38 heavy (non-hydrogen) atoms. The number of likely N-dealkylation sites (N-methyl/N-ethyl adjacent to an activating group) is 1. The smallest absolute Gasteiger partial charge is 0.263 e. The Labute approximate surface area is 221 Å². The fourth-order valence-electron chi connectivity index (χ4n) is 4.36. The molecule has 0 bridgehead atoms. The van der Waals surface area contributed by atoms with Gasteiger partial charge >= 0.3 is 0 Å². The molecule has 0 unspecified atom stereocenters. The topological polar surface area (TPSA) is 122 Å². The molecule has 0 aliphatic carbocycles. The number of hydrogen-bond acceptors (Lipinski definition) is 9. The van der Waals surface area contributed by atoms with E-state index in [1.165, 1.54) is 35.9 Å². The molecule has 1 amide bonds. The van der Waals surface area contributed by atoms with Crippen LogP contribution in [0.15, 0.2) is 58.7 Å². The largest absolute Gasteiger partial charge is 0.338 e. The Morgan fingerprint density at radius 3 is 2.45 bits per heavy atom. The summed E-state index contributed by atoms with van der Waals surface area (Å²) in [5, 5.41) is -0.0508. The number of carbonyl (C=O) groups is 1. The maximum atomic E-state index is 14.2. The van der Waals surface area contributed by atoms with Gasteiger partial charge in [0.05, 0.1) is 17.4 Å². The van der Waals surface area contributed by atoms with Crippen molar-refractivity contribution in [3.8, 4) is 0 Å². The Morgan fingerprint density at radius 1 is 1.08 bits per heavy atom. The molecule has 4 aromatic rings. The molecular weight excluding hydrogens is 533 g/mol. The van der Waals surface area contributed by atoms with Crippen LogP contribution in [0.5, 0.6) is 0 Å². The highest BCUT2D eigenvalue weighted by Gasteiger charge is 2.34. The van der Waals surface area contributed by atoms with Crippen molar-refractivity contribution in [3.63, 3.8) is 0 Å². The lowest BCUT2D eigenvalue weighted by Crippen LogP contribution is -2.49. The summed E-state index contributed by atoms with van der Waals surface area (Å²) in [4.78, 5) is 42.7. The summed E-state index contributed by atoms with van der Waals surface area (Å²) >= 11 is 1.11. The first kappa shape index (κ1) is 25.9. The first-order valence-electron chi connectivity index (χ1n) is 11.7. The second kappa shape index (κ2) is 10.2. The predicted molar refractivity (Wildman–Crippen MR) is 141 cm³/mol. The van der Waals surface area contributed by atoms with Crippen LogP contribution in [0.4, 0.5) is 16.0 Å². The van der Waals surface area contributed by atoms with Gasteiger partial charge in [0.2, 0.25) is 21.9 Å². The number of halogens is 1. The zero-order chi connectivity index (χ0) is 27.0. The second-order valence-corrected chi connectivity index (χ2v) is 11.8. The maximum absolute atomic E-state index is 14.2. The number of hydrogen-bond donors (Lipinski definition) is 0. The first-order chi connectivity index (χ1) is 18.2. The molecule has 3 aromatic heterocycles. The number of fused-ring (bicyclic) bond motifs is 1. The summed E-state index contributed by atoms with van der Waals surface area (Å²) in [6.45, 7) is 2.37. The number of piperazine rings is 1. The SMILES string of the molecule is Cc1sc2ncn(CC(=O)N(C)c3ccccc3F)c(=O)c2c1S(=O)(=O)N1CCN(c2ncccn2)CC1. The van der Waals surface area contributed by atoms with E-state index in [1.807, 2.05) is 4.90 Å². The third-order valence-electron chi connectivity index (χ3n) is 6.36. The van der Waals surface area contributed by atoms with Gasteiger partial charge in [-0.2, -0.15) is 4.31 Å². The van der Waals surface area contributed by atoms with E-state index in [0.717, 1.165) is 20.8 Å². The van der Waals surface area contributed by atoms with Crippen LogP contribution in [0.25, 0.3) is 10.2 Å². The fourth-order valence-corrected chi connectivity index (χ4v) is 7.45. The molecule has 1 saturated heterocycles. The van der Waals surface area contributed by atoms with Crippen molar-refractivity contribution in [3.05, 3.63) is 70.1 Å². The summed E-state index contributed by atoms with van der Waals surface area (Å²) in [7, 11) is -2.63. The second-order valence-electron chi connectivity index (χ2n) is 8.69. The molecule has 5 rings (SSSR count). The highest BCUT2D eigenvalue weighted by atomic mass is 32.2. The minimum absolute atomic E-state index is 0.0508. The number of thiophene rings is 1. The molecule has 14 heteroatoms. The van der Waals surface area contributed by atoms with E-state index in [4.69, 9.17) is 0 Å². The van der Waals surface area contributed by atoms with Crippen molar-refractivity contribution < 1.29 is 17.6 Å². The molecule has 0 radical (unpaired) electrons. The minimum atomic E-state index is -4.04. The van der Waals surface area contributed by atoms with Crippen LogP contribution in [0, 0.1) is 12.7 Å². The van der Waals surface area contributed by atoms with E-state index in [1.54, 1.807) is 31.5 Å². The van der Waals surface area contributed by atoms with Gasteiger partial charge in [0.1, 0.15) is 22.1 Å². The summed E-state index contributed by atoms with van der Waals surface area (Å²) in [6.07, 6.45) is 4.47. The molecule has 11 nitrogen and oxygen atoms in total. The molecule has 1 aliphatic heterocycles. The number of anilines is 2. The van der Waals surface area contributed by atoms with E-state index in [9.17, 15) is 22.4 Å². The molecule has 4 heterocycles. The molecule has 0 N–H and O–H groups in total. The van der Waals surface area contributed by atoms with Crippen molar-refractivity contribution in [1.29, 1.82) is 0 Å². The van der Waals surface area contributed by atoms with Crippen LogP contribution in [0.1, 0.15) is 4.88 Å². The first-order valence-corrected chi connectivity index (χ1v) is 14.0. The van der Waals surface area contributed by atoms with Gasteiger partial charge in [0.25, 0.3) is 5.56 Å². The lowest BCUT2D eigenvalue weighted by Gasteiger charge is -2.33. The van der Waals surface area contributed by atoms with Crippen LogP contribution >= 0.6 is 11.3 Å². The van der Waals surface area contributed by atoms with Crippen molar-refractivity contribution in [2.45, 2.75) is 18.4 Å². The average Bonchev–Trinajstić information content (AvgIpc) is 3.28. The summed E-state index contributed by atoms with van der Waals surface area (Å²) in [6, 6.07) is 7.50. The van der Waals surface area contributed by atoms with Gasteiger partial charge < -0.3 is 9.80 Å². The van der Waals surface area contributed by atoms with Crippen LogP contribution in [0.2, 0.25) is 0 Å². The Balaban J connectivity index is 1.43. The number of nitrogens with zero attached hydrogens (tertiary/aromatic N) is 7. The van der Waals surface area contributed by atoms with E-state index >= 15 is 0 Å². The number of para-hydroxylation sites is 1. The number of amides is 1. The Morgan fingerprint density at radius 2 is 1.76 bits per heavy atom. The van der Waals surface area contributed by atoms with Gasteiger partial charge in [-0.3, -0.25) is 14.2 Å². The number of rotatable bonds is 6. The van der Waals surface area contributed by atoms with Gasteiger partial charge in [0, 0.05) is 50.5 Å². The van der Waals surface area contributed by atoms with Crippen molar-refractivity contribution >= 4 is 49.1 Å². The lowest BCUT2D eigenvalue weighted by atomic mass is 10.3. The number of carbonyl (C=O) groups excluding carboxylic acids is 1. The third kappa shape index (κ3) is 4.66. The number of sulfonamides is 1. The van der Waals surface area contributed by atoms with E-state index < -0.39 is 33.9 Å². The lowest BCUT2D eigenvalue weighted by molar-refractivity contribution is -0.119. The maximum Gasteiger partial charge on any atom is 0.263 e. The van der Waals surface area contributed by atoms with Gasteiger partial charge in [-0.15, -0.1) is 11.3 Å². The summed E-state index contributed by atoms with van der Waals surface area (Å²) < 4.78 is 44.0. The van der Waals surface area contributed by atoms with Gasteiger partial charge in [0.15, 0.2) is 0 Å². The molecule has 0 saturated carbocycles. The van der Waals surface area contributed by atoms with Crippen LogP contribution in [-0.2, 0) is 21.4 Å². The summed E-state index contributed by atoms with van der Waals surface area (Å²) in [5.41, 5.74) is -0.584. The predicted octanol–water partition coefficient (Wildman–Crippen LogP) is 1.87. The van der Waals surface area contributed by atoms with Crippen LogP contribution in [0.3, 0.4) is 0 Å². The van der Waals surface area contributed by atoms with Gasteiger partial charge in [-0.05, 0) is 25.1 Å². The van der Waals surface area contributed by atoms with E-state index in [-0.39, 0.29) is 33.9 Å². The standard InChI is InChI=1S/C24H24FN7O4S2/c1-16-21(38(35,36)32-12-10-30(11-13-32)24-26-8-5-9-27-24)20-22(37-16)28-15-31(23(20)34)14-19(33)29(2)18-7-4-3-6-17(18)25/h3-9,15H,10-14H2,1-2H3. The van der Waals surface area contributed by atoms with Gasteiger partial charge in [-0.1, -0.05) is 12.1 Å².